The lowest BCUT2D eigenvalue weighted by Crippen LogP contribution is -2.47. The Morgan fingerprint density at radius 2 is 2.06 bits per heavy atom. The third-order valence-corrected chi connectivity index (χ3v) is 4.14. The van der Waals surface area contributed by atoms with Gasteiger partial charge in [0.2, 0.25) is 5.91 Å². The second kappa shape index (κ2) is 6.25. The van der Waals surface area contributed by atoms with Gasteiger partial charge in [0.1, 0.15) is 0 Å². The van der Waals surface area contributed by atoms with Crippen LogP contribution in [0, 0.1) is 0 Å². The normalized spacial score (nSPS) is 19.6. The van der Waals surface area contributed by atoms with E-state index in [0.717, 1.165) is 25.1 Å². The van der Waals surface area contributed by atoms with Gasteiger partial charge >= 0.3 is 0 Å². The zero-order valence-electron chi connectivity index (χ0n) is 11.0. The van der Waals surface area contributed by atoms with Gasteiger partial charge in [0, 0.05) is 17.6 Å². The van der Waals surface area contributed by atoms with E-state index in [4.69, 9.17) is 0 Å². The third-order valence-electron chi connectivity index (χ3n) is 3.40. The van der Waals surface area contributed by atoms with Gasteiger partial charge in [-0.15, -0.1) is 11.8 Å². The molecule has 1 aliphatic rings. The molecule has 1 aromatic rings. The number of amides is 1. The predicted molar refractivity (Wildman–Crippen MR) is 77.3 cm³/mol. The molecule has 3 nitrogen and oxygen atoms in total. The van der Waals surface area contributed by atoms with Crippen LogP contribution >= 0.6 is 11.8 Å². The lowest BCUT2D eigenvalue weighted by atomic mass is 10.0. The van der Waals surface area contributed by atoms with Crippen LogP contribution in [0.5, 0.6) is 0 Å². The van der Waals surface area contributed by atoms with Crippen LogP contribution in [0.4, 0.5) is 5.69 Å². The molecule has 1 unspecified atom stereocenters. The molecular weight excluding hydrogens is 244 g/mol. The minimum atomic E-state index is -0.0102. The summed E-state index contributed by atoms with van der Waals surface area (Å²) in [4.78, 5) is 15.3. The van der Waals surface area contributed by atoms with E-state index in [1.165, 1.54) is 11.3 Å². The van der Waals surface area contributed by atoms with Crippen molar-refractivity contribution in [2.75, 3.05) is 24.7 Å². The van der Waals surface area contributed by atoms with Crippen LogP contribution in [0.15, 0.2) is 29.2 Å². The maximum atomic E-state index is 12.3. The average Bonchev–Trinajstić information content (AvgIpc) is 2.47. The molecule has 2 rings (SSSR count). The molecule has 0 radical (unpaired) electrons. The Bertz CT molecular complexity index is 399. The zero-order chi connectivity index (χ0) is 13.0. The first-order chi connectivity index (χ1) is 8.72. The van der Waals surface area contributed by atoms with Gasteiger partial charge < -0.3 is 10.2 Å². The molecule has 0 saturated carbocycles. The average molecular weight is 264 g/mol. The largest absolute Gasteiger partial charge is 0.314 e. The fourth-order valence-corrected chi connectivity index (χ4v) is 2.64. The first-order valence-electron chi connectivity index (χ1n) is 6.37. The summed E-state index contributed by atoms with van der Waals surface area (Å²) in [5, 5.41) is 3.30. The quantitative estimate of drug-likeness (QED) is 0.851. The molecule has 1 amide bonds. The Labute approximate surface area is 113 Å². The molecule has 0 spiro atoms. The number of rotatable bonds is 3. The van der Waals surface area contributed by atoms with E-state index >= 15 is 0 Å². The van der Waals surface area contributed by atoms with Gasteiger partial charge in [-0.3, -0.25) is 4.79 Å². The number of hydrogen-bond acceptors (Lipinski definition) is 3. The van der Waals surface area contributed by atoms with E-state index in [1.807, 2.05) is 19.2 Å². The monoisotopic (exact) mass is 264 g/mol. The summed E-state index contributed by atoms with van der Waals surface area (Å²) < 4.78 is 0. The number of benzene rings is 1. The number of hydrogen-bond donors (Lipinski definition) is 1. The van der Waals surface area contributed by atoms with E-state index in [2.05, 4.69) is 23.7 Å². The highest BCUT2D eigenvalue weighted by molar-refractivity contribution is 7.98. The van der Waals surface area contributed by atoms with Crippen molar-refractivity contribution < 1.29 is 4.79 Å². The second-order valence-corrected chi connectivity index (χ2v) is 5.48. The summed E-state index contributed by atoms with van der Waals surface area (Å²) in [6.07, 6.45) is 5.32. The molecule has 4 heteroatoms. The van der Waals surface area contributed by atoms with Crippen LogP contribution in [0.25, 0.3) is 0 Å². The van der Waals surface area contributed by atoms with Gasteiger partial charge in [-0.1, -0.05) is 6.42 Å². The molecule has 0 bridgehead atoms. The van der Waals surface area contributed by atoms with Crippen molar-refractivity contribution in [2.24, 2.45) is 0 Å². The maximum absolute atomic E-state index is 12.3. The summed E-state index contributed by atoms with van der Waals surface area (Å²) >= 11 is 1.71. The first kappa shape index (κ1) is 13.4. The lowest BCUT2D eigenvalue weighted by Gasteiger charge is -2.27. The number of carbonyl (C=O) groups is 1. The van der Waals surface area contributed by atoms with Gasteiger partial charge in [-0.25, -0.2) is 0 Å². The summed E-state index contributed by atoms with van der Waals surface area (Å²) in [6.45, 7) is 0.954. The minimum absolute atomic E-state index is 0.0102. The molecule has 0 aliphatic carbocycles. The Kier molecular flexibility index (Phi) is 4.66. The van der Waals surface area contributed by atoms with E-state index in [1.54, 1.807) is 16.7 Å². The van der Waals surface area contributed by atoms with Crippen molar-refractivity contribution in [2.45, 2.75) is 30.2 Å². The van der Waals surface area contributed by atoms with Crippen LogP contribution < -0.4 is 10.2 Å². The Balaban J connectivity index is 2.04. The first-order valence-corrected chi connectivity index (χ1v) is 7.60. The second-order valence-electron chi connectivity index (χ2n) is 4.60. The number of carbonyl (C=O) groups excluding carboxylic acids is 1. The minimum Gasteiger partial charge on any atom is -0.314 e. The molecular formula is C14H20N2OS. The molecule has 1 atom stereocenters. The molecule has 18 heavy (non-hydrogen) atoms. The molecule has 1 saturated heterocycles. The van der Waals surface area contributed by atoms with E-state index in [-0.39, 0.29) is 11.9 Å². The summed E-state index contributed by atoms with van der Waals surface area (Å²) in [7, 11) is 1.85. The molecule has 1 fully saturated rings. The molecule has 1 aromatic carbocycles. The molecule has 1 N–H and O–H groups in total. The highest BCUT2D eigenvalue weighted by atomic mass is 32.2. The topological polar surface area (TPSA) is 32.3 Å². The van der Waals surface area contributed by atoms with Crippen LogP contribution in [0.1, 0.15) is 19.3 Å². The van der Waals surface area contributed by atoms with Crippen molar-refractivity contribution in [1.29, 1.82) is 0 Å². The highest BCUT2D eigenvalue weighted by Gasteiger charge is 2.24. The van der Waals surface area contributed by atoms with Crippen molar-refractivity contribution >= 4 is 23.4 Å². The van der Waals surface area contributed by atoms with E-state index in [0.29, 0.717) is 0 Å². The Hall–Kier alpha value is -1.00. The Morgan fingerprint density at radius 3 is 2.61 bits per heavy atom. The highest BCUT2D eigenvalue weighted by Crippen LogP contribution is 2.21. The van der Waals surface area contributed by atoms with Crippen molar-refractivity contribution in [3.8, 4) is 0 Å². The number of thioether (sulfide) groups is 1. The van der Waals surface area contributed by atoms with E-state index in [9.17, 15) is 4.79 Å². The molecule has 1 heterocycles. The maximum Gasteiger partial charge on any atom is 0.243 e. The van der Waals surface area contributed by atoms with E-state index < -0.39 is 0 Å². The SMILES string of the molecule is CSc1ccc(N(C)C(=O)C2CCCCN2)cc1. The number of nitrogens with zero attached hydrogens (tertiary/aromatic N) is 1. The smallest absolute Gasteiger partial charge is 0.243 e. The van der Waals surface area contributed by atoms with Gasteiger partial charge in [0.25, 0.3) is 0 Å². The van der Waals surface area contributed by atoms with Gasteiger partial charge in [-0.2, -0.15) is 0 Å². The molecule has 1 aliphatic heterocycles. The molecule has 98 valence electrons. The van der Waals surface area contributed by atoms with Crippen LogP contribution in [0.2, 0.25) is 0 Å². The Morgan fingerprint density at radius 1 is 1.33 bits per heavy atom. The summed E-state index contributed by atoms with van der Waals surface area (Å²) in [6, 6.07) is 8.11. The van der Waals surface area contributed by atoms with Gasteiger partial charge in [0.15, 0.2) is 0 Å². The van der Waals surface area contributed by atoms with Crippen LogP contribution in [-0.2, 0) is 4.79 Å². The fourth-order valence-electron chi connectivity index (χ4n) is 2.23. The number of piperidine rings is 1. The van der Waals surface area contributed by atoms with Crippen LogP contribution in [-0.4, -0.2) is 31.8 Å². The predicted octanol–water partition coefficient (Wildman–Crippen LogP) is 2.51. The van der Waals surface area contributed by atoms with Crippen LogP contribution in [0.3, 0.4) is 0 Å². The number of likely N-dealkylation sites (N-methyl/N-ethyl adjacent to an activating group) is 1. The van der Waals surface area contributed by atoms with Crippen molar-refractivity contribution in [3.05, 3.63) is 24.3 Å². The lowest BCUT2D eigenvalue weighted by molar-refractivity contribution is -0.120. The standard InChI is InChI=1S/C14H20N2OS/c1-16(11-6-8-12(18-2)9-7-11)14(17)13-5-3-4-10-15-13/h6-9,13,15H,3-5,10H2,1-2H3. The summed E-state index contributed by atoms with van der Waals surface area (Å²) in [5.74, 6) is 0.173. The van der Waals surface area contributed by atoms with Gasteiger partial charge in [0.05, 0.1) is 6.04 Å². The van der Waals surface area contributed by atoms with Crippen molar-refractivity contribution in [3.63, 3.8) is 0 Å². The number of nitrogens with one attached hydrogen (secondary N) is 1. The molecule has 0 aromatic heterocycles. The van der Waals surface area contributed by atoms with Gasteiger partial charge in [-0.05, 0) is 49.9 Å². The summed E-state index contributed by atoms with van der Waals surface area (Å²) in [5.41, 5.74) is 0.963. The zero-order valence-corrected chi connectivity index (χ0v) is 11.8. The fraction of sp³-hybridized carbons (Fsp3) is 0.500. The van der Waals surface area contributed by atoms with Crippen molar-refractivity contribution in [1.82, 2.24) is 5.32 Å². The number of anilines is 1. The third kappa shape index (κ3) is 3.06.